The molecule has 0 unspecified atom stereocenters. The summed E-state index contributed by atoms with van der Waals surface area (Å²) in [6.07, 6.45) is 1.73. The van der Waals surface area contributed by atoms with Crippen LogP contribution in [0.15, 0.2) is 71.0 Å². The maximum absolute atomic E-state index is 13.1. The Bertz CT molecular complexity index is 1360. The summed E-state index contributed by atoms with van der Waals surface area (Å²) in [5.41, 5.74) is 13.4. The number of nitriles is 1. The first kappa shape index (κ1) is 18.5. The quantitative estimate of drug-likeness (QED) is 0.677. The highest BCUT2D eigenvalue weighted by Gasteiger charge is 2.34. The SMILES string of the molecule is N#CC1=C(N)n2c(s/c(=C\c3ccccc3)c2=O)=C(C(N)=O)[C@@H]1c1ccccc1. The van der Waals surface area contributed by atoms with Crippen LogP contribution >= 0.6 is 11.3 Å². The topological polar surface area (TPSA) is 115 Å². The van der Waals surface area contributed by atoms with E-state index >= 15 is 0 Å². The van der Waals surface area contributed by atoms with Crippen LogP contribution in [0.3, 0.4) is 0 Å². The number of aromatic nitrogens is 1. The van der Waals surface area contributed by atoms with E-state index in [2.05, 4.69) is 6.07 Å². The van der Waals surface area contributed by atoms with Gasteiger partial charge in [0.2, 0.25) is 5.91 Å². The van der Waals surface area contributed by atoms with Crippen molar-refractivity contribution in [3.63, 3.8) is 0 Å². The Morgan fingerprint density at radius 3 is 2.31 bits per heavy atom. The first-order valence-electron chi connectivity index (χ1n) is 8.80. The Labute approximate surface area is 169 Å². The van der Waals surface area contributed by atoms with Crippen LogP contribution in [0.5, 0.6) is 0 Å². The van der Waals surface area contributed by atoms with Gasteiger partial charge in [-0.1, -0.05) is 60.7 Å². The third kappa shape index (κ3) is 3.06. The molecule has 0 saturated heterocycles. The predicted octanol–water partition coefficient (Wildman–Crippen LogP) is 0.823. The van der Waals surface area contributed by atoms with Crippen molar-refractivity contribution < 1.29 is 4.79 Å². The summed E-state index contributed by atoms with van der Waals surface area (Å²) < 4.78 is 1.98. The van der Waals surface area contributed by atoms with Crippen molar-refractivity contribution in [2.75, 3.05) is 0 Å². The number of thiazole rings is 1. The number of fused-ring (bicyclic) bond motifs is 1. The second-order valence-electron chi connectivity index (χ2n) is 6.50. The molecule has 0 aliphatic carbocycles. The lowest BCUT2D eigenvalue weighted by Gasteiger charge is -2.24. The average molecular weight is 400 g/mol. The zero-order valence-corrected chi connectivity index (χ0v) is 16.0. The highest BCUT2D eigenvalue weighted by Crippen LogP contribution is 2.35. The summed E-state index contributed by atoms with van der Waals surface area (Å²) in [5, 5.41) is 9.78. The standard InChI is InChI=1S/C22H16N4O2S/c23-12-15-17(14-9-5-2-6-10-14)18(20(25)27)22-26(19(15)24)21(28)16(29-22)11-13-7-3-1-4-8-13/h1-11,17H,24H2,(H2,25,27)/b16-11-/t17-/m1/s1. The monoisotopic (exact) mass is 400 g/mol. The zero-order valence-electron chi connectivity index (χ0n) is 15.2. The first-order chi connectivity index (χ1) is 14.0. The van der Waals surface area contributed by atoms with Crippen molar-refractivity contribution in [2.24, 2.45) is 11.5 Å². The summed E-state index contributed by atoms with van der Waals surface area (Å²) in [6, 6.07) is 20.5. The smallest absolute Gasteiger partial charge is 0.274 e. The number of nitrogens with zero attached hydrogens (tertiary/aromatic N) is 2. The molecule has 1 aliphatic rings. The number of carbonyl (C=O) groups is 1. The van der Waals surface area contributed by atoms with Gasteiger partial charge >= 0.3 is 0 Å². The van der Waals surface area contributed by atoms with Crippen LogP contribution in [-0.2, 0) is 4.79 Å². The number of benzene rings is 2. The molecule has 3 aromatic rings. The third-order valence-corrected chi connectivity index (χ3v) is 5.87. The van der Waals surface area contributed by atoms with E-state index in [9.17, 15) is 14.9 Å². The van der Waals surface area contributed by atoms with Crippen LogP contribution in [0, 0.1) is 11.3 Å². The Balaban J connectivity index is 2.11. The van der Waals surface area contributed by atoms with Crippen molar-refractivity contribution in [3.05, 3.63) is 96.9 Å². The lowest BCUT2D eigenvalue weighted by Crippen LogP contribution is -2.41. The number of primary amides is 1. The lowest BCUT2D eigenvalue weighted by atomic mass is 9.83. The van der Waals surface area contributed by atoms with Gasteiger partial charge in [0.25, 0.3) is 5.56 Å². The minimum Gasteiger partial charge on any atom is -0.384 e. The Kier molecular flexibility index (Phi) is 4.63. The van der Waals surface area contributed by atoms with Crippen molar-refractivity contribution >= 4 is 34.7 Å². The van der Waals surface area contributed by atoms with Gasteiger partial charge in [-0.3, -0.25) is 14.2 Å². The molecule has 2 aromatic carbocycles. The fourth-order valence-corrected chi connectivity index (χ4v) is 4.65. The van der Waals surface area contributed by atoms with E-state index in [1.54, 1.807) is 18.2 Å². The van der Waals surface area contributed by atoms with Gasteiger partial charge in [0.15, 0.2) is 0 Å². The summed E-state index contributed by atoms with van der Waals surface area (Å²) in [4.78, 5) is 25.5. The van der Waals surface area contributed by atoms with Crippen LogP contribution in [0.25, 0.3) is 17.5 Å². The minimum absolute atomic E-state index is 0.0234. The highest BCUT2D eigenvalue weighted by atomic mass is 32.1. The summed E-state index contributed by atoms with van der Waals surface area (Å²) >= 11 is 1.14. The first-order valence-corrected chi connectivity index (χ1v) is 9.62. The van der Waals surface area contributed by atoms with Gasteiger partial charge in [0.05, 0.1) is 27.7 Å². The molecule has 0 saturated carbocycles. The summed E-state index contributed by atoms with van der Waals surface area (Å²) in [7, 11) is 0. The highest BCUT2D eigenvalue weighted by molar-refractivity contribution is 7.07. The van der Waals surface area contributed by atoms with E-state index in [-0.39, 0.29) is 22.5 Å². The fourth-order valence-electron chi connectivity index (χ4n) is 3.47. The Morgan fingerprint density at radius 2 is 1.72 bits per heavy atom. The van der Waals surface area contributed by atoms with Gasteiger partial charge in [-0.2, -0.15) is 5.26 Å². The van der Waals surface area contributed by atoms with Crippen LogP contribution in [0.1, 0.15) is 17.0 Å². The molecule has 1 atom stereocenters. The van der Waals surface area contributed by atoms with E-state index in [4.69, 9.17) is 11.5 Å². The Hall–Kier alpha value is -3.89. The van der Waals surface area contributed by atoms with E-state index in [0.717, 1.165) is 16.9 Å². The lowest BCUT2D eigenvalue weighted by molar-refractivity contribution is -0.113. The maximum Gasteiger partial charge on any atom is 0.274 e. The molecule has 4 N–H and O–H groups in total. The molecule has 1 aliphatic heterocycles. The van der Waals surface area contributed by atoms with Gasteiger partial charge in [-0.05, 0) is 17.2 Å². The molecule has 29 heavy (non-hydrogen) atoms. The summed E-state index contributed by atoms with van der Waals surface area (Å²) in [6.45, 7) is 0. The van der Waals surface area contributed by atoms with Gasteiger partial charge in [-0.15, -0.1) is 11.3 Å². The van der Waals surface area contributed by atoms with Crippen LogP contribution in [-0.4, -0.2) is 10.5 Å². The number of rotatable bonds is 3. The largest absolute Gasteiger partial charge is 0.384 e. The molecule has 2 heterocycles. The van der Waals surface area contributed by atoms with Gasteiger partial charge in [0.1, 0.15) is 10.5 Å². The molecule has 4 rings (SSSR count). The number of hydrogen-bond acceptors (Lipinski definition) is 5. The number of carbonyl (C=O) groups excluding carboxylic acids is 1. The second-order valence-corrected chi connectivity index (χ2v) is 7.53. The molecule has 6 nitrogen and oxygen atoms in total. The van der Waals surface area contributed by atoms with Gasteiger partial charge in [-0.25, -0.2) is 0 Å². The third-order valence-electron chi connectivity index (χ3n) is 4.76. The molecule has 1 amide bonds. The maximum atomic E-state index is 13.1. The van der Waals surface area contributed by atoms with Crippen LogP contribution < -0.4 is 26.2 Å². The minimum atomic E-state index is -0.721. The number of hydrogen-bond donors (Lipinski definition) is 2. The van der Waals surface area contributed by atoms with Crippen molar-refractivity contribution in [1.82, 2.24) is 4.57 Å². The molecule has 0 fully saturated rings. The number of allylic oxidation sites excluding steroid dienone is 1. The number of nitrogens with two attached hydrogens (primary N) is 2. The van der Waals surface area contributed by atoms with Crippen LogP contribution in [0.2, 0.25) is 0 Å². The van der Waals surface area contributed by atoms with E-state index in [0.29, 0.717) is 14.8 Å². The number of amides is 1. The summed E-state index contributed by atoms with van der Waals surface area (Å²) in [5.74, 6) is -1.39. The van der Waals surface area contributed by atoms with Crippen molar-refractivity contribution in [2.45, 2.75) is 5.92 Å². The zero-order chi connectivity index (χ0) is 20.5. The van der Waals surface area contributed by atoms with Gasteiger partial charge in [0, 0.05) is 0 Å². The molecule has 142 valence electrons. The molecule has 0 radical (unpaired) electrons. The molecule has 7 heteroatoms. The van der Waals surface area contributed by atoms with Crippen molar-refractivity contribution in [3.8, 4) is 6.07 Å². The normalized spacial score (nSPS) is 16.4. The molecular formula is C22H16N4O2S. The van der Waals surface area contributed by atoms with Crippen molar-refractivity contribution in [1.29, 1.82) is 5.26 Å². The molecule has 1 aromatic heterocycles. The Morgan fingerprint density at radius 1 is 1.10 bits per heavy atom. The fraction of sp³-hybridized carbons (Fsp3) is 0.0455. The molecule has 0 spiro atoms. The van der Waals surface area contributed by atoms with Gasteiger partial charge < -0.3 is 11.5 Å². The van der Waals surface area contributed by atoms with E-state index in [1.807, 2.05) is 48.5 Å². The molecule has 0 bridgehead atoms. The average Bonchev–Trinajstić information content (AvgIpc) is 3.05. The van der Waals surface area contributed by atoms with E-state index < -0.39 is 11.8 Å². The predicted molar refractivity (Wildman–Crippen MR) is 113 cm³/mol. The second kappa shape index (κ2) is 7.26. The van der Waals surface area contributed by atoms with Crippen LogP contribution in [0.4, 0.5) is 0 Å². The van der Waals surface area contributed by atoms with E-state index in [1.165, 1.54) is 4.57 Å². The molecular weight excluding hydrogens is 384 g/mol.